The lowest BCUT2D eigenvalue weighted by molar-refractivity contribution is -0.142. The first-order valence-electron chi connectivity index (χ1n) is 11.1. The molecule has 0 rings (SSSR count). The average molecular weight is 520 g/mol. The lowest BCUT2D eigenvalue weighted by atomic mass is 10.1. The van der Waals surface area contributed by atoms with E-state index in [1.54, 1.807) is 6.26 Å². The Morgan fingerprint density at radius 3 is 1.89 bits per heavy atom. The monoisotopic (exact) mass is 519 g/mol. The van der Waals surface area contributed by atoms with Crippen molar-refractivity contribution in [2.24, 2.45) is 22.9 Å². The molecule has 14 nitrogen and oxygen atoms in total. The van der Waals surface area contributed by atoms with Crippen LogP contribution in [-0.4, -0.2) is 83.3 Å². The van der Waals surface area contributed by atoms with Crippen molar-refractivity contribution in [2.45, 2.75) is 69.1 Å². The number of carboxylic acid groups (broad SMARTS) is 1. The first-order valence-corrected chi connectivity index (χ1v) is 12.5. The fourth-order valence-corrected chi connectivity index (χ4v) is 3.39. The molecule has 35 heavy (non-hydrogen) atoms. The molecule has 0 aliphatic carbocycles. The Hall–Kier alpha value is -2.91. The zero-order chi connectivity index (χ0) is 27.0. The molecule has 0 saturated carbocycles. The van der Waals surface area contributed by atoms with Crippen LogP contribution in [0.25, 0.3) is 0 Å². The molecule has 4 atom stereocenters. The summed E-state index contributed by atoms with van der Waals surface area (Å²) in [5.41, 5.74) is 21.3. The quantitative estimate of drug-likeness (QED) is 0.0795. The van der Waals surface area contributed by atoms with Gasteiger partial charge in [-0.15, -0.1) is 0 Å². The number of nitrogens with one attached hydrogen (secondary N) is 3. The molecule has 0 aliphatic rings. The van der Waals surface area contributed by atoms with E-state index in [-0.39, 0.29) is 25.7 Å². The molecule has 0 heterocycles. The second kappa shape index (κ2) is 17.5. The molecule has 0 bridgehead atoms. The molecular formula is C20H37N7O7S. The number of carbonyl (C=O) groups excluding carboxylic acids is 5. The van der Waals surface area contributed by atoms with E-state index in [4.69, 9.17) is 22.9 Å². The molecule has 0 fully saturated rings. The molecular weight excluding hydrogens is 482 g/mol. The van der Waals surface area contributed by atoms with Crippen LogP contribution in [-0.2, 0) is 28.8 Å². The smallest absolute Gasteiger partial charge is 0.326 e. The van der Waals surface area contributed by atoms with Crippen LogP contribution < -0.4 is 38.9 Å². The van der Waals surface area contributed by atoms with Crippen molar-refractivity contribution in [3.63, 3.8) is 0 Å². The standard InChI is InChI=1S/C20H37N7O7S/c1-35-9-7-12(18(31)26-13(20(33)34)4-2-3-8-21)25-19(32)14(10-16(24)29)27-17(30)11(22)5-6-15(23)28/h11-14H,2-10,21-22H2,1H3,(H2,23,28)(H2,24,29)(H,25,32)(H,26,31)(H,27,30)(H,33,34). The first kappa shape index (κ1) is 32.1. The number of hydrogen-bond acceptors (Lipinski definition) is 9. The third kappa shape index (κ3) is 14.2. The third-order valence-corrected chi connectivity index (χ3v) is 5.53. The molecule has 0 aromatic heterocycles. The molecule has 0 spiro atoms. The molecule has 15 heteroatoms. The van der Waals surface area contributed by atoms with Gasteiger partial charge in [0.15, 0.2) is 0 Å². The van der Waals surface area contributed by atoms with Gasteiger partial charge in [-0.25, -0.2) is 4.79 Å². The van der Waals surface area contributed by atoms with Crippen LogP contribution in [0.4, 0.5) is 0 Å². The number of carboxylic acids is 1. The number of primary amides is 2. The predicted molar refractivity (Wildman–Crippen MR) is 130 cm³/mol. The SMILES string of the molecule is CSCCC(NC(=O)C(CC(N)=O)NC(=O)C(N)CCC(N)=O)C(=O)NC(CCCCN)C(=O)O. The van der Waals surface area contributed by atoms with E-state index in [9.17, 15) is 33.9 Å². The molecule has 12 N–H and O–H groups in total. The topological polar surface area (TPSA) is 263 Å². The minimum Gasteiger partial charge on any atom is -0.480 e. The molecule has 0 aromatic rings. The predicted octanol–water partition coefficient (Wildman–Crippen LogP) is -3.12. The summed E-state index contributed by atoms with van der Waals surface area (Å²) in [7, 11) is 0. The summed E-state index contributed by atoms with van der Waals surface area (Å²) in [5.74, 6) is -4.76. The van der Waals surface area contributed by atoms with E-state index in [0.717, 1.165) is 0 Å². The maximum Gasteiger partial charge on any atom is 0.326 e. The highest BCUT2D eigenvalue weighted by atomic mass is 32.2. The maximum absolute atomic E-state index is 12.8. The number of thioether (sulfide) groups is 1. The largest absolute Gasteiger partial charge is 0.480 e. The van der Waals surface area contributed by atoms with Crippen LogP contribution in [0.2, 0.25) is 0 Å². The minimum absolute atomic E-state index is 0.0778. The second-order valence-electron chi connectivity index (χ2n) is 7.87. The van der Waals surface area contributed by atoms with Crippen molar-refractivity contribution in [1.82, 2.24) is 16.0 Å². The Morgan fingerprint density at radius 2 is 1.37 bits per heavy atom. The minimum atomic E-state index is -1.44. The molecule has 0 aromatic carbocycles. The van der Waals surface area contributed by atoms with E-state index >= 15 is 0 Å². The first-order chi connectivity index (χ1) is 16.4. The van der Waals surface area contributed by atoms with Gasteiger partial charge >= 0.3 is 5.97 Å². The Labute approximate surface area is 208 Å². The van der Waals surface area contributed by atoms with Crippen molar-refractivity contribution >= 4 is 47.3 Å². The van der Waals surface area contributed by atoms with Gasteiger partial charge in [0.25, 0.3) is 0 Å². The van der Waals surface area contributed by atoms with Crippen LogP contribution in [0.3, 0.4) is 0 Å². The molecule has 5 amide bonds. The molecule has 0 radical (unpaired) electrons. The number of rotatable bonds is 19. The molecule has 0 aliphatic heterocycles. The summed E-state index contributed by atoms with van der Waals surface area (Å²) in [5, 5.41) is 16.6. The van der Waals surface area contributed by atoms with Crippen LogP contribution in [0.15, 0.2) is 0 Å². The summed E-state index contributed by atoms with van der Waals surface area (Å²) in [6.07, 6.45) is 2.36. The molecule has 200 valence electrons. The Bertz CT molecular complexity index is 753. The van der Waals surface area contributed by atoms with Crippen molar-refractivity contribution in [1.29, 1.82) is 0 Å². The second-order valence-corrected chi connectivity index (χ2v) is 8.86. The van der Waals surface area contributed by atoms with Crippen molar-refractivity contribution in [3.05, 3.63) is 0 Å². The Morgan fingerprint density at radius 1 is 0.800 bits per heavy atom. The van der Waals surface area contributed by atoms with Gasteiger partial charge in [0.05, 0.1) is 12.5 Å². The Balaban J connectivity index is 5.41. The fraction of sp³-hybridized carbons (Fsp3) is 0.700. The number of carbonyl (C=O) groups is 6. The number of unbranched alkanes of at least 4 members (excludes halogenated alkanes) is 1. The van der Waals surface area contributed by atoms with Gasteiger partial charge in [-0.2, -0.15) is 11.8 Å². The van der Waals surface area contributed by atoms with E-state index in [1.165, 1.54) is 11.8 Å². The normalized spacial score (nSPS) is 14.1. The molecule has 4 unspecified atom stereocenters. The summed E-state index contributed by atoms with van der Waals surface area (Å²) >= 11 is 1.40. The molecule has 0 saturated heterocycles. The number of hydrogen-bond donors (Lipinski definition) is 8. The zero-order valence-electron chi connectivity index (χ0n) is 19.8. The highest BCUT2D eigenvalue weighted by Gasteiger charge is 2.31. The van der Waals surface area contributed by atoms with E-state index < -0.39 is 66.1 Å². The number of nitrogens with two attached hydrogens (primary N) is 4. The van der Waals surface area contributed by atoms with Gasteiger partial charge in [-0.1, -0.05) is 0 Å². The van der Waals surface area contributed by atoms with Crippen LogP contribution in [0.5, 0.6) is 0 Å². The van der Waals surface area contributed by atoms with E-state index in [2.05, 4.69) is 16.0 Å². The third-order valence-electron chi connectivity index (χ3n) is 4.88. The summed E-state index contributed by atoms with van der Waals surface area (Å²) in [6, 6.07) is -4.93. The fourth-order valence-electron chi connectivity index (χ4n) is 2.92. The maximum atomic E-state index is 12.8. The number of aliphatic carboxylic acids is 1. The highest BCUT2D eigenvalue weighted by molar-refractivity contribution is 7.98. The van der Waals surface area contributed by atoms with E-state index in [0.29, 0.717) is 25.1 Å². The van der Waals surface area contributed by atoms with Crippen molar-refractivity contribution < 1.29 is 33.9 Å². The Kier molecular flexibility index (Phi) is 16.1. The summed E-state index contributed by atoms with van der Waals surface area (Å²) in [6.45, 7) is 0.381. The van der Waals surface area contributed by atoms with E-state index in [1.807, 2.05) is 0 Å². The van der Waals surface area contributed by atoms with Gasteiger partial charge < -0.3 is 44.0 Å². The van der Waals surface area contributed by atoms with Crippen LogP contribution in [0, 0.1) is 0 Å². The van der Waals surface area contributed by atoms with Gasteiger partial charge in [-0.3, -0.25) is 24.0 Å². The van der Waals surface area contributed by atoms with Gasteiger partial charge in [0.2, 0.25) is 29.5 Å². The van der Waals surface area contributed by atoms with Crippen LogP contribution >= 0.6 is 11.8 Å². The highest BCUT2D eigenvalue weighted by Crippen LogP contribution is 2.06. The van der Waals surface area contributed by atoms with Gasteiger partial charge in [0, 0.05) is 6.42 Å². The van der Waals surface area contributed by atoms with Crippen molar-refractivity contribution in [3.8, 4) is 0 Å². The number of amides is 5. The summed E-state index contributed by atoms with van der Waals surface area (Å²) < 4.78 is 0. The van der Waals surface area contributed by atoms with Crippen LogP contribution in [0.1, 0.15) is 44.9 Å². The lowest BCUT2D eigenvalue weighted by Gasteiger charge is -2.24. The average Bonchev–Trinajstić information content (AvgIpc) is 2.78. The zero-order valence-corrected chi connectivity index (χ0v) is 20.6. The van der Waals surface area contributed by atoms with Gasteiger partial charge in [0.1, 0.15) is 18.1 Å². The van der Waals surface area contributed by atoms with Gasteiger partial charge in [-0.05, 0) is 50.7 Å². The van der Waals surface area contributed by atoms with Crippen molar-refractivity contribution in [2.75, 3.05) is 18.6 Å². The summed E-state index contributed by atoms with van der Waals surface area (Å²) in [4.78, 5) is 71.8. The lowest BCUT2D eigenvalue weighted by Crippen LogP contribution is -2.57.